The quantitative estimate of drug-likeness (QED) is 0.766. The van der Waals surface area contributed by atoms with Gasteiger partial charge >= 0.3 is 0 Å². The Bertz CT molecular complexity index is 361. The Balaban J connectivity index is 1.58. The molecule has 2 rings (SSSR count). The number of thioether (sulfide) groups is 1. The van der Waals surface area contributed by atoms with Crippen molar-refractivity contribution in [3.8, 4) is 0 Å². The lowest BCUT2D eigenvalue weighted by molar-refractivity contribution is 0.154. The number of rotatable bonds is 7. The van der Waals surface area contributed by atoms with E-state index in [9.17, 15) is 0 Å². The van der Waals surface area contributed by atoms with Crippen LogP contribution >= 0.6 is 11.8 Å². The van der Waals surface area contributed by atoms with E-state index in [-0.39, 0.29) is 0 Å². The molecule has 0 radical (unpaired) electrons. The van der Waals surface area contributed by atoms with E-state index < -0.39 is 0 Å². The molecule has 1 aliphatic rings. The van der Waals surface area contributed by atoms with Crippen LogP contribution in [0.1, 0.15) is 11.5 Å². The number of piperazine rings is 1. The van der Waals surface area contributed by atoms with Crippen LogP contribution in [0, 0.1) is 0 Å². The molecule has 5 heteroatoms. The van der Waals surface area contributed by atoms with Crippen molar-refractivity contribution in [3.63, 3.8) is 0 Å². The van der Waals surface area contributed by atoms with E-state index >= 15 is 0 Å². The zero-order chi connectivity index (χ0) is 13.5. The van der Waals surface area contributed by atoms with Gasteiger partial charge in [0.25, 0.3) is 0 Å². The summed E-state index contributed by atoms with van der Waals surface area (Å²) < 4.78 is 5.73. The third-order valence-corrected chi connectivity index (χ3v) is 4.08. The predicted molar refractivity (Wildman–Crippen MR) is 81.6 cm³/mol. The summed E-state index contributed by atoms with van der Waals surface area (Å²) in [6.45, 7) is 7.76. The fourth-order valence-corrected chi connectivity index (χ4v) is 2.70. The first-order valence-electron chi connectivity index (χ1n) is 6.96. The van der Waals surface area contributed by atoms with Gasteiger partial charge in [0.2, 0.25) is 0 Å². The Morgan fingerprint density at radius 1 is 1.21 bits per heavy atom. The standard InChI is InChI=1S/C14H25N3OS/c1-16-7-9-17(10-8-16)6-5-15-11-13-3-4-14(18-13)12-19-2/h3-4,15H,5-12H2,1-2H3. The average Bonchev–Trinajstić information content (AvgIpc) is 2.85. The van der Waals surface area contributed by atoms with Gasteiger partial charge in [-0.25, -0.2) is 0 Å². The molecule has 0 amide bonds. The molecule has 0 atom stereocenters. The molecule has 0 unspecified atom stereocenters. The highest BCUT2D eigenvalue weighted by molar-refractivity contribution is 7.97. The Labute approximate surface area is 120 Å². The molecule has 0 aliphatic carbocycles. The Hall–Kier alpha value is -0.490. The molecule has 1 aliphatic heterocycles. The SMILES string of the molecule is CSCc1ccc(CNCCN2CCN(C)CC2)o1. The zero-order valence-electron chi connectivity index (χ0n) is 12.0. The third kappa shape index (κ3) is 5.18. The molecule has 1 N–H and O–H groups in total. The van der Waals surface area contributed by atoms with Crippen LogP contribution in [-0.4, -0.2) is 62.4 Å². The van der Waals surface area contributed by atoms with E-state index in [1.807, 2.05) is 0 Å². The number of hydrogen-bond donors (Lipinski definition) is 1. The lowest BCUT2D eigenvalue weighted by atomic mass is 10.3. The maximum Gasteiger partial charge on any atom is 0.118 e. The molecule has 2 heterocycles. The van der Waals surface area contributed by atoms with Gasteiger partial charge in [-0.1, -0.05) is 0 Å². The molecular weight excluding hydrogens is 258 g/mol. The van der Waals surface area contributed by atoms with Crippen molar-refractivity contribution in [1.29, 1.82) is 0 Å². The van der Waals surface area contributed by atoms with E-state index in [0.29, 0.717) is 0 Å². The molecule has 1 aromatic heterocycles. The number of hydrogen-bond acceptors (Lipinski definition) is 5. The van der Waals surface area contributed by atoms with Crippen molar-refractivity contribution in [2.75, 3.05) is 52.6 Å². The molecule has 0 spiro atoms. The fraction of sp³-hybridized carbons (Fsp3) is 0.714. The predicted octanol–water partition coefficient (Wildman–Crippen LogP) is 1.48. The second kappa shape index (κ2) is 7.94. The maximum atomic E-state index is 5.73. The van der Waals surface area contributed by atoms with Crippen molar-refractivity contribution >= 4 is 11.8 Å². The molecule has 0 bridgehead atoms. The lowest BCUT2D eigenvalue weighted by Crippen LogP contribution is -2.46. The molecule has 108 valence electrons. The van der Waals surface area contributed by atoms with Crippen LogP contribution in [0.4, 0.5) is 0 Å². The smallest absolute Gasteiger partial charge is 0.118 e. The van der Waals surface area contributed by atoms with Gasteiger partial charge in [0.05, 0.1) is 12.3 Å². The van der Waals surface area contributed by atoms with Crippen LogP contribution < -0.4 is 5.32 Å². The number of furan rings is 1. The lowest BCUT2D eigenvalue weighted by Gasteiger charge is -2.32. The van der Waals surface area contributed by atoms with Gasteiger partial charge in [0, 0.05) is 39.3 Å². The van der Waals surface area contributed by atoms with Crippen molar-refractivity contribution in [2.24, 2.45) is 0 Å². The first-order chi connectivity index (χ1) is 9.28. The van der Waals surface area contributed by atoms with Gasteiger partial charge in [0.15, 0.2) is 0 Å². The summed E-state index contributed by atoms with van der Waals surface area (Å²) in [6, 6.07) is 4.16. The Morgan fingerprint density at radius 3 is 2.68 bits per heavy atom. The highest BCUT2D eigenvalue weighted by Crippen LogP contribution is 2.13. The summed E-state index contributed by atoms with van der Waals surface area (Å²) in [7, 11) is 2.19. The minimum absolute atomic E-state index is 0.835. The van der Waals surface area contributed by atoms with Gasteiger partial charge in [-0.3, -0.25) is 4.90 Å². The highest BCUT2D eigenvalue weighted by atomic mass is 32.2. The third-order valence-electron chi connectivity index (χ3n) is 3.50. The van der Waals surface area contributed by atoms with E-state index in [1.165, 1.54) is 26.2 Å². The van der Waals surface area contributed by atoms with E-state index in [4.69, 9.17) is 4.42 Å². The van der Waals surface area contributed by atoms with Gasteiger partial charge in [-0.05, 0) is 25.4 Å². The van der Waals surface area contributed by atoms with Gasteiger partial charge in [-0.2, -0.15) is 11.8 Å². The number of nitrogens with one attached hydrogen (secondary N) is 1. The normalized spacial score (nSPS) is 18.0. The topological polar surface area (TPSA) is 31.6 Å². The second-order valence-corrected chi connectivity index (χ2v) is 5.99. The van der Waals surface area contributed by atoms with E-state index in [0.717, 1.165) is 36.9 Å². The minimum Gasteiger partial charge on any atom is -0.464 e. The molecule has 0 saturated carbocycles. The van der Waals surface area contributed by atoms with Gasteiger partial charge in [-0.15, -0.1) is 0 Å². The van der Waals surface area contributed by atoms with Crippen molar-refractivity contribution < 1.29 is 4.42 Å². The molecule has 4 nitrogen and oxygen atoms in total. The molecule has 1 fully saturated rings. The van der Waals surface area contributed by atoms with Crippen LogP contribution in [0.25, 0.3) is 0 Å². The summed E-state index contributed by atoms with van der Waals surface area (Å²) in [5.74, 6) is 3.08. The van der Waals surface area contributed by atoms with Crippen LogP contribution in [0.3, 0.4) is 0 Å². The van der Waals surface area contributed by atoms with Crippen LogP contribution in [0.15, 0.2) is 16.5 Å². The molecule has 1 aromatic rings. The van der Waals surface area contributed by atoms with E-state index in [2.05, 4.69) is 40.6 Å². The van der Waals surface area contributed by atoms with Crippen LogP contribution in [0.5, 0.6) is 0 Å². The van der Waals surface area contributed by atoms with Gasteiger partial charge < -0.3 is 14.6 Å². The van der Waals surface area contributed by atoms with Crippen molar-refractivity contribution in [1.82, 2.24) is 15.1 Å². The Morgan fingerprint density at radius 2 is 1.95 bits per heavy atom. The largest absolute Gasteiger partial charge is 0.464 e. The summed E-state index contributed by atoms with van der Waals surface area (Å²) >= 11 is 1.79. The highest BCUT2D eigenvalue weighted by Gasteiger charge is 2.12. The van der Waals surface area contributed by atoms with Crippen LogP contribution in [0.2, 0.25) is 0 Å². The molecule has 19 heavy (non-hydrogen) atoms. The number of nitrogens with zero attached hydrogens (tertiary/aromatic N) is 2. The fourth-order valence-electron chi connectivity index (χ4n) is 2.26. The number of likely N-dealkylation sites (N-methyl/N-ethyl adjacent to an activating group) is 1. The molecular formula is C14H25N3OS. The zero-order valence-corrected chi connectivity index (χ0v) is 12.8. The average molecular weight is 283 g/mol. The molecule has 1 saturated heterocycles. The van der Waals surface area contributed by atoms with Crippen LogP contribution in [-0.2, 0) is 12.3 Å². The minimum atomic E-state index is 0.835. The van der Waals surface area contributed by atoms with Crippen molar-refractivity contribution in [2.45, 2.75) is 12.3 Å². The summed E-state index contributed by atoms with van der Waals surface area (Å²) in [5, 5.41) is 3.46. The van der Waals surface area contributed by atoms with Crippen molar-refractivity contribution in [3.05, 3.63) is 23.7 Å². The van der Waals surface area contributed by atoms with Gasteiger partial charge in [0.1, 0.15) is 11.5 Å². The Kier molecular flexibility index (Phi) is 6.23. The monoisotopic (exact) mass is 283 g/mol. The van der Waals surface area contributed by atoms with E-state index in [1.54, 1.807) is 11.8 Å². The first-order valence-corrected chi connectivity index (χ1v) is 8.35. The summed E-state index contributed by atoms with van der Waals surface area (Å²) in [6.07, 6.45) is 2.09. The second-order valence-electron chi connectivity index (χ2n) is 5.12. The molecule has 0 aromatic carbocycles. The first kappa shape index (κ1) is 14.9. The summed E-state index contributed by atoms with van der Waals surface area (Å²) in [4.78, 5) is 4.91. The summed E-state index contributed by atoms with van der Waals surface area (Å²) in [5.41, 5.74) is 0. The maximum absolute atomic E-state index is 5.73.